The number of benzene rings is 2. The van der Waals surface area contributed by atoms with Crippen molar-refractivity contribution >= 4 is 17.8 Å². The number of nitrogens with one attached hydrogen (secondary N) is 1. The summed E-state index contributed by atoms with van der Waals surface area (Å²) in [4.78, 5) is 16.8. The molecule has 3 aromatic rings. The standard InChI is InChI=1S/C24H24N2O2/c1-17-18(2)24(26-22(27)15-14-20-10-6-4-7-11-20)25-19(3)23(17)28-16-21-12-8-5-9-13-21/h4-15H,16H2,1-3H3,(H,25,26,27)/b15-14+. The lowest BCUT2D eigenvalue weighted by Gasteiger charge is -2.16. The summed E-state index contributed by atoms with van der Waals surface area (Å²) in [6, 6.07) is 19.7. The van der Waals surface area contributed by atoms with Crippen molar-refractivity contribution in [1.29, 1.82) is 0 Å². The maximum atomic E-state index is 12.3. The molecule has 0 aliphatic rings. The van der Waals surface area contributed by atoms with Crippen LogP contribution in [0, 0.1) is 20.8 Å². The Balaban J connectivity index is 1.72. The number of ether oxygens (including phenoxy) is 1. The molecule has 1 aromatic heterocycles. The maximum absolute atomic E-state index is 12.3. The zero-order chi connectivity index (χ0) is 19.9. The minimum Gasteiger partial charge on any atom is -0.487 e. The molecule has 0 unspecified atom stereocenters. The van der Waals surface area contributed by atoms with Crippen LogP contribution in [0.15, 0.2) is 66.7 Å². The highest BCUT2D eigenvalue weighted by Gasteiger charge is 2.14. The van der Waals surface area contributed by atoms with Gasteiger partial charge in [-0.1, -0.05) is 60.7 Å². The van der Waals surface area contributed by atoms with Gasteiger partial charge in [0.1, 0.15) is 18.2 Å². The summed E-state index contributed by atoms with van der Waals surface area (Å²) in [7, 11) is 0. The molecule has 0 bridgehead atoms. The fourth-order valence-corrected chi connectivity index (χ4v) is 2.88. The topological polar surface area (TPSA) is 51.2 Å². The van der Waals surface area contributed by atoms with E-state index in [0.29, 0.717) is 12.4 Å². The van der Waals surface area contributed by atoms with Crippen molar-refractivity contribution in [2.75, 3.05) is 5.32 Å². The van der Waals surface area contributed by atoms with E-state index in [1.807, 2.05) is 81.4 Å². The van der Waals surface area contributed by atoms with Crippen molar-refractivity contribution in [3.8, 4) is 5.75 Å². The highest BCUT2D eigenvalue weighted by Crippen LogP contribution is 2.29. The van der Waals surface area contributed by atoms with Gasteiger partial charge in [0.2, 0.25) is 5.91 Å². The van der Waals surface area contributed by atoms with E-state index < -0.39 is 0 Å². The Labute approximate surface area is 165 Å². The second-order valence-corrected chi connectivity index (χ2v) is 6.63. The van der Waals surface area contributed by atoms with Crippen molar-refractivity contribution in [2.24, 2.45) is 0 Å². The van der Waals surface area contributed by atoms with Crippen LogP contribution in [0.2, 0.25) is 0 Å². The molecule has 1 heterocycles. The van der Waals surface area contributed by atoms with Gasteiger partial charge < -0.3 is 10.1 Å². The van der Waals surface area contributed by atoms with E-state index in [2.05, 4.69) is 10.3 Å². The molecule has 0 aliphatic carbocycles. The summed E-state index contributed by atoms with van der Waals surface area (Å²) >= 11 is 0. The molecule has 0 aliphatic heterocycles. The number of aromatic nitrogens is 1. The first kappa shape index (κ1) is 19.4. The highest BCUT2D eigenvalue weighted by molar-refractivity contribution is 6.01. The quantitative estimate of drug-likeness (QED) is 0.602. The summed E-state index contributed by atoms with van der Waals surface area (Å²) in [6.07, 6.45) is 3.29. The Morgan fingerprint density at radius 2 is 1.61 bits per heavy atom. The molecule has 0 spiro atoms. The Hall–Kier alpha value is -3.40. The summed E-state index contributed by atoms with van der Waals surface area (Å²) in [5.41, 5.74) is 4.70. The van der Waals surface area contributed by atoms with Gasteiger partial charge in [-0.25, -0.2) is 4.98 Å². The summed E-state index contributed by atoms with van der Waals surface area (Å²) in [6.45, 7) is 6.30. The van der Waals surface area contributed by atoms with E-state index in [-0.39, 0.29) is 5.91 Å². The smallest absolute Gasteiger partial charge is 0.249 e. The molecule has 28 heavy (non-hydrogen) atoms. The van der Waals surface area contributed by atoms with E-state index in [1.165, 1.54) is 6.08 Å². The molecule has 4 heteroatoms. The van der Waals surface area contributed by atoms with Crippen molar-refractivity contribution < 1.29 is 9.53 Å². The van der Waals surface area contributed by atoms with Gasteiger partial charge in [-0.05, 0) is 49.1 Å². The Morgan fingerprint density at radius 3 is 2.29 bits per heavy atom. The number of amides is 1. The molecule has 0 saturated carbocycles. The fourth-order valence-electron chi connectivity index (χ4n) is 2.88. The molecule has 4 nitrogen and oxygen atoms in total. The number of carbonyl (C=O) groups excluding carboxylic acids is 1. The van der Waals surface area contributed by atoms with Gasteiger partial charge in [-0.3, -0.25) is 4.79 Å². The van der Waals surface area contributed by atoms with Crippen LogP contribution >= 0.6 is 0 Å². The number of anilines is 1. The minimum atomic E-state index is -0.212. The van der Waals surface area contributed by atoms with Crippen LogP contribution in [-0.2, 0) is 11.4 Å². The number of aryl methyl sites for hydroxylation is 1. The Bertz CT molecular complexity index is 980. The van der Waals surface area contributed by atoms with Crippen LogP contribution in [0.25, 0.3) is 6.08 Å². The van der Waals surface area contributed by atoms with Gasteiger partial charge in [0, 0.05) is 6.08 Å². The number of hydrogen-bond acceptors (Lipinski definition) is 3. The van der Waals surface area contributed by atoms with Gasteiger partial charge in [0.15, 0.2) is 0 Å². The van der Waals surface area contributed by atoms with E-state index in [0.717, 1.165) is 33.7 Å². The second-order valence-electron chi connectivity index (χ2n) is 6.63. The fraction of sp³-hybridized carbons (Fsp3) is 0.167. The predicted octanol–water partition coefficient (Wildman–Crippen LogP) is 5.24. The lowest BCUT2D eigenvalue weighted by molar-refractivity contribution is -0.111. The molecular formula is C24H24N2O2. The molecule has 0 atom stereocenters. The zero-order valence-electron chi connectivity index (χ0n) is 16.4. The van der Waals surface area contributed by atoms with Crippen LogP contribution in [0.4, 0.5) is 5.82 Å². The van der Waals surface area contributed by atoms with Crippen LogP contribution in [0.1, 0.15) is 27.9 Å². The number of pyridine rings is 1. The molecule has 0 saturated heterocycles. The second kappa shape index (κ2) is 9.00. The van der Waals surface area contributed by atoms with Gasteiger partial charge in [-0.15, -0.1) is 0 Å². The van der Waals surface area contributed by atoms with Crippen LogP contribution in [-0.4, -0.2) is 10.9 Å². The lowest BCUT2D eigenvalue weighted by atomic mass is 10.1. The van der Waals surface area contributed by atoms with E-state index >= 15 is 0 Å². The summed E-state index contributed by atoms with van der Waals surface area (Å²) in [5.74, 6) is 1.11. The van der Waals surface area contributed by atoms with E-state index in [1.54, 1.807) is 6.08 Å². The van der Waals surface area contributed by atoms with Crippen molar-refractivity contribution in [3.63, 3.8) is 0 Å². The van der Waals surface area contributed by atoms with Gasteiger partial charge in [0.25, 0.3) is 0 Å². The van der Waals surface area contributed by atoms with Crippen molar-refractivity contribution in [3.05, 3.63) is 94.7 Å². The van der Waals surface area contributed by atoms with Crippen molar-refractivity contribution in [2.45, 2.75) is 27.4 Å². The molecule has 2 aromatic carbocycles. The molecule has 1 amide bonds. The average molecular weight is 372 g/mol. The monoisotopic (exact) mass is 372 g/mol. The molecule has 0 radical (unpaired) electrons. The normalized spacial score (nSPS) is 10.8. The molecule has 3 rings (SSSR count). The zero-order valence-corrected chi connectivity index (χ0v) is 16.4. The first-order chi connectivity index (χ1) is 13.5. The molecular weight excluding hydrogens is 348 g/mol. The molecule has 142 valence electrons. The summed E-state index contributed by atoms with van der Waals surface area (Å²) in [5, 5.41) is 2.87. The number of rotatable bonds is 6. The average Bonchev–Trinajstić information content (AvgIpc) is 2.72. The highest BCUT2D eigenvalue weighted by atomic mass is 16.5. The minimum absolute atomic E-state index is 0.212. The van der Waals surface area contributed by atoms with Crippen LogP contribution < -0.4 is 10.1 Å². The van der Waals surface area contributed by atoms with Crippen molar-refractivity contribution in [1.82, 2.24) is 4.98 Å². The van der Waals surface area contributed by atoms with Crippen LogP contribution in [0.5, 0.6) is 5.75 Å². The predicted molar refractivity (Wildman–Crippen MR) is 113 cm³/mol. The van der Waals surface area contributed by atoms with E-state index in [9.17, 15) is 4.79 Å². The van der Waals surface area contributed by atoms with Gasteiger partial charge in [-0.2, -0.15) is 0 Å². The van der Waals surface area contributed by atoms with Crippen LogP contribution in [0.3, 0.4) is 0 Å². The third kappa shape index (κ3) is 4.86. The lowest BCUT2D eigenvalue weighted by Crippen LogP contribution is -2.13. The largest absolute Gasteiger partial charge is 0.487 e. The van der Waals surface area contributed by atoms with Gasteiger partial charge >= 0.3 is 0 Å². The first-order valence-electron chi connectivity index (χ1n) is 9.23. The number of nitrogens with zero attached hydrogens (tertiary/aromatic N) is 1. The molecule has 1 N–H and O–H groups in total. The number of carbonyl (C=O) groups is 1. The third-order valence-corrected chi connectivity index (χ3v) is 4.56. The summed E-state index contributed by atoms with van der Waals surface area (Å²) < 4.78 is 6.01. The number of hydrogen-bond donors (Lipinski definition) is 1. The molecule has 0 fully saturated rings. The first-order valence-corrected chi connectivity index (χ1v) is 9.23. The maximum Gasteiger partial charge on any atom is 0.249 e. The Kier molecular flexibility index (Phi) is 6.22. The Morgan fingerprint density at radius 1 is 0.964 bits per heavy atom. The third-order valence-electron chi connectivity index (χ3n) is 4.56. The SMILES string of the molecule is Cc1nc(NC(=O)/C=C/c2ccccc2)c(C)c(C)c1OCc1ccccc1. The van der Waals surface area contributed by atoms with E-state index in [4.69, 9.17) is 4.74 Å². The van der Waals surface area contributed by atoms with Gasteiger partial charge in [0.05, 0.1) is 5.69 Å².